The first-order chi connectivity index (χ1) is 15.6. The van der Waals surface area contributed by atoms with E-state index in [1.54, 1.807) is 59.5 Å². The lowest BCUT2D eigenvalue weighted by atomic mass is 9.92. The molecule has 0 spiro atoms. The molecule has 2 aromatic heterocycles. The van der Waals surface area contributed by atoms with E-state index in [-0.39, 0.29) is 0 Å². The van der Waals surface area contributed by atoms with Crippen molar-refractivity contribution in [3.63, 3.8) is 0 Å². The van der Waals surface area contributed by atoms with Crippen LogP contribution in [0.1, 0.15) is 24.0 Å². The number of aromatic nitrogens is 4. The van der Waals surface area contributed by atoms with Crippen LogP contribution in [0.3, 0.4) is 0 Å². The van der Waals surface area contributed by atoms with Gasteiger partial charge in [0.1, 0.15) is 12.1 Å². The molecule has 1 aliphatic carbocycles. The maximum Gasteiger partial charge on any atom is 0.261 e. The van der Waals surface area contributed by atoms with E-state index in [0.29, 0.717) is 22.2 Å². The fourth-order valence-corrected chi connectivity index (χ4v) is 4.91. The van der Waals surface area contributed by atoms with Crippen molar-refractivity contribution in [1.82, 2.24) is 19.7 Å². The van der Waals surface area contributed by atoms with Gasteiger partial charge in [-0.15, -0.1) is 0 Å². The third-order valence-corrected chi connectivity index (χ3v) is 6.81. The van der Waals surface area contributed by atoms with Crippen LogP contribution >= 0.6 is 0 Å². The lowest BCUT2D eigenvalue weighted by Crippen LogP contribution is -2.14. The van der Waals surface area contributed by atoms with E-state index in [4.69, 9.17) is 0 Å². The second-order valence-corrected chi connectivity index (χ2v) is 9.34. The number of rotatable bonds is 6. The van der Waals surface area contributed by atoms with Crippen LogP contribution in [0.4, 0.5) is 17.2 Å². The SMILES string of the molecule is O=S(=O)(Nc1ccc(Nc2cc(-n3cccn3)ncn2)cc1)c1ccc2c(c1)CCCC2. The molecule has 32 heavy (non-hydrogen) atoms. The molecule has 0 aliphatic heterocycles. The molecule has 0 atom stereocenters. The standard InChI is InChI=1S/C23H22N6O2S/c30-32(31,21-11-6-17-4-1-2-5-18(17)14-21)28-20-9-7-19(8-10-20)27-22-15-23(25-16-24-22)29-13-3-12-26-29/h3,6-16,28H,1-2,4-5H2,(H,24,25,27). The van der Waals surface area contributed by atoms with E-state index in [9.17, 15) is 8.42 Å². The number of fused-ring (bicyclic) bond motifs is 1. The summed E-state index contributed by atoms with van der Waals surface area (Å²) in [5.74, 6) is 1.25. The van der Waals surface area contributed by atoms with Gasteiger partial charge in [-0.25, -0.2) is 23.1 Å². The van der Waals surface area contributed by atoms with Crippen LogP contribution in [0, 0.1) is 0 Å². The second kappa shape index (κ2) is 8.43. The second-order valence-electron chi connectivity index (χ2n) is 7.66. The Kier molecular flexibility index (Phi) is 5.32. The average molecular weight is 447 g/mol. The first kappa shape index (κ1) is 20.2. The minimum absolute atomic E-state index is 0.299. The lowest BCUT2D eigenvalue weighted by Gasteiger charge is -2.17. The molecule has 162 valence electrons. The number of sulfonamides is 1. The highest BCUT2D eigenvalue weighted by molar-refractivity contribution is 7.92. The first-order valence-corrected chi connectivity index (χ1v) is 11.9. The summed E-state index contributed by atoms with van der Waals surface area (Å²) in [4.78, 5) is 8.73. The molecule has 0 amide bonds. The molecule has 0 fully saturated rings. The van der Waals surface area contributed by atoms with Gasteiger partial charge in [0, 0.05) is 29.8 Å². The monoisotopic (exact) mass is 446 g/mol. The molecule has 2 heterocycles. The van der Waals surface area contributed by atoms with Crippen molar-refractivity contribution in [3.05, 3.63) is 84.4 Å². The van der Waals surface area contributed by atoms with Crippen molar-refractivity contribution in [1.29, 1.82) is 0 Å². The Hall–Kier alpha value is -3.72. The number of hydrogen-bond acceptors (Lipinski definition) is 6. The summed E-state index contributed by atoms with van der Waals surface area (Å²) < 4.78 is 30.0. The molecular weight excluding hydrogens is 424 g/mol. The molecule has 1 aliphatic rings. The quantitative estimate of drug-likeness (QED) is 0.463. The summed E-state index contributed by atoms with van der Waals surface area (Å²) in [6.45, 7) is 0. The van der Waals surface area contributed by atoms with Crippen LogP contribution in [-0.4, -0.2) is 28.2 Å². The molecule has 5 rings (SSSR count). The molecule has 0 saturated carbocycles. The van der Waals surface area contributed by atoms with Gasteiger partial charge in [-0.2, -0.15) is 5.10 Å². The minimum Gasteiger partial charge on any atom is -0.340 e. The van der Waals surface area contributed by atoms with Gasteiger partial charge in [0.05, 0.1) is 4.90 Å². The Morgan fingerprint density at radius 2 is 1.66 bits per heavy atom. The fourth-order valence-electron chi connectivity index (χ4n) is 3.81. The third kappa shape index (κ3) is 4.33. The predicted molar refractivity (Wildman–Crippen MR) is 123 cm³/mol. The Labute approximate surface area is 186 Å². The number of benzene rings is 2. The van der Waals surface area contributed by atoms with Gasteiger partial charge >= 0.3 is 0 Å². The lowest BCUT2D eigenvalue weighted by molar-refractivity contribution is 0.600. The molecule has 2 aromatic carbocycles. The van der Waals surface area contributed by atoms with Gasteiger partial charge in [-0.05, 0) is 79.3 Å². The molecule has 0 saturated heterocycles. The van der Waals surface area contributed by atoms with Gasteiger partial charge in [-0.1, -0.05) is 6.07 Å². The van der Waals surface area contributed by atoms with E-state index in [2.05, 4.69) is 25.1 Å². The summed E-state index contributed by atoms with van der Waals surface area (Å²) >= 11 is 0. The van der Waals surface area contributed by atoms with Crippen molar-refractivity contribution in [2.75, 3.05) is 10.0 Å². The van der Waals surface area contributed by atoms with Gasteiger partial charge in [0.15, 0.2) is 5.82 Å². The van der Waals surface area contributed by atoms with Crippen LogP contribution < -0.4 is 10.0 Å². The Balaban J connectivity index is 1.29. The molecule has 4 aromatic rings. The first-order valence-electron chi connectivity index (χ1n) is 10.4. The van der Waals surface area contributed by atoms with Crippen LogP contribution in [0.25, 0.3) is 5.82 Å². The highest BCUT2D eigenvalue weighted by Gasteiger charge is 2.18. The van der Waals surface area contributed by atoms with E-state index in [1.165, 1.54) is 11.9 Å². The largest absolute Gasteiger partial charge is 0.340 e. The predicted octanol–water partition coefficient (Wildman–Crippen LogP) is 4.09. The van der Waals surface area contributed by atoms with Gasteiger partial charge in [0.2, 0.25) is 0 Å². The highest BCUT2D eigenvalue weighted by Crippen LogP contribution is 2.26. The fraction of sp³-hybridized carbons (Fsp3) is 0.174. The van der Waals surface area contributed by atoms with E-state index < -0.39 is 10.0 Å². The van der Waals surface area contributed by atoms with E-state index >= 15 is 0 Å². The summed E-state index contributed by atoms with van der Waals surface area (Å²) in [6.07, 6.45) is 9.16. The summed E-state index contributed by atoms with van der Waals surface area (Å²) in [5.41, 5.74) is 3.66. The molecule has 9 heteroatoms. The normalized spacial score (nSPS) is 13.4. The van der Waals surface area contributed by atoms with Crippen molar-refractivity contribution in [2.24, 2.45) is 0 Å². The van der Waals surface area contributed by atoms with Crippen LogP contribution in [0.2, 0.25) is 0 Å². The Morgan fingerprint density at radius 1 is 0.875 bits per heavy atom. The van der Waals surface area contributed by atoms with Gasteiger partial charge in [-0.3, -0.25) is 4.72 Å². The van der Waals surface area contributed by atoms with E-state index in [1.807, 2.05) is 12.1 Å². The van der Waals surface area contributed by atoms with Crippen molar-refractivity contribution < 1.29 is 8.42 Å². The molecule has 2 N–H and O–H groups in total. The molecule has 0 bridgehead atoms. The molecule has 8 nitrogen and oxygen atoms in total. The van der Waals surface area contributed by atoms with Crippen molar-refractivity contribution >= 4 is 27.2 Å². The number of nitrogens with zero attached hydrogens (tertiary/aromatic N) is 4. The molecule has 0 unspecified atom stereocenters. The molecular formula is C23H22N6O2S. The zero-order valence-corrected chi connectivity index (χ0v) is 18.1. The topological polar surface area (TPSA) is 102 Å². The minimum atomic E-state index is -3.65. The Morgan fingerprint density at radius 3 is 2.44 bits per heavy atom. The van der Waals surface area contributed by atoms with E-state index in [0.717, 1.165) is 36.9 Å². The highest BCUT2D eigenvalue weighted by atomic mass is 32.2. The Bertz CT molecular complexity index is 1340. The molecule has 0 radical (unpaired) electrons. The summed E-state index contributed by atoms with van der Waals surface area (Å²) in [5, 5.41) is 7.36. The van der Waals surface area contributed by atoms with Crippen LogP contribution in [-0.2, 0) is 22.9 Å². The maximum atomic E-state index is 12.9. The zero-order chi connectivity index (χ0) is 22.0. The maximum absolute atomic E-state index is 12.9. The van der Waals surface area contributed by atoms with Gasteiger partial charge in [0.25, 0.3) is 10.0 Å². The third-order valence-electron chi connectivity index (χ3n) is 5.43. The number of aryl methyl sites for hydroxylation is 2. The summed E-state index contributed by atoms with van der Waals surface area (Å²) in [6, 6.07) is 16.0. The zero-order valence-electron chi connectivity index (χ0n) is 17.3. The number of nitrogens with one attached hydrogen (secondary N) is 2. The van der Waals surface area contributed by atoms with Crippen molar-refractivity contribution in [3.8, 4) is 5.82 Å². The average Bonchev–Trinajstić information content (AvgIpc) is 3.35. The number of anilines is 3. The van der Waals surface area contributed by atoms with Crippen LogP contribution in [0.15, 0.2) is 78.2 Å². The summed E-state index contributed by atoms with van der Waals surface area (Å²) in [7, 11) is -3.65. The number of hydrogen-bond donors (Lipinski definition) is 2. The van der Waals surface area contributed by atoms with Gasteiger partial charge < -0.3 is 5.32 Å². The smallest absolute Gasteiger partial charge is 0.261 e. The van der Waals surface area contributed by atoms with Crippen molar-refractivity contribution in [2.45, 2.75) is 30.6 Å². The van der Waals surface area contributed by atoms with Crippen LogP contribution in [0.5, 0.6) is 0 Å².